The average molecular weight is 244 g/mol. The van der Waals surface area contributed by atoms with Crippen molar-refractivity contribution in [1.82, 2.24) is 4.90 Å². The minimum Gasteiger partial charge on any atom is -0.499 e. The molecule has 1 aromatic rings. The number of carbonyl (C=O) groups excluding carboxylic acids is 1. The number of rotatable bonds is 3. The van der Waals surface area contributed by atoms with E-state index in [0.717, 1.165) is 5.56 Å². The maximum Gasteiger partial charge on any atom is 0.418 e. The fourth-order valence-corrected chi connectivity index (χ4v) is 1.48. The van der Waals surface area contributed by atoms with Gasteiger partial charge in [-0.1, -0.05) is 36.4 Å². The van der Waals surface area contributed by atoms with Crippen molar-refractivity contribution in [2.75, 3.05) is 7.11 Å². The Bertz CT molecular complexity index is 465. The molecule has 0 saturated carbocycles. The van der Waals surface area contributed by atoms with Crippen LogP contribution in [0.1, 0.15) is 5.56 Å². The zero-order chi connectivity index (χ0) is 12.8. The molecule has 1 aliphatic heterocycles. The third-order valence-electron chi connectivity index (χ3n) is 2.43. The predicted octanol–water partition coefficient (Wildman–Crippen LogP) is 2.84. The molecule has 1 radical (unpaired) electrons. The Morgan fingerprint density at radius 3 is 2.78 bits per heavy atom. The van der Waals surface area contributed by atoms with Crippen molar-refractivity contribution in [3.63, 3.8) is 0 Å². The SMILES string of the molecule is COC1=CN(C(=O)OCc2ccccc2)C=C[CH]1. The number of ether oxygens (including phenoxy) is 2. The Balaban J connectivity index is 1.90. The van der Waals surface area contributed by atoms with E-state index in [-0.39, 0.29) is 6.61 Å². The summed E-state index contributed by atoms with van der Waals surface area (Å²) in [7, 11) is 1.55. The van der Waals surface area contributed by atoms with E-state index in [1.54, 1.807) is 32.0 Å². The summed E-state index contributed by atoms with van der Waals surface area (Å²) in [5, 5.41) is 0. The molecule has 0 atom stereocenters. The van der Waals surface area contributed by atoms with E-state index in [0.29, 0.717) is 5.76 Å². The van der Waals surface area contributed by atoms with Gasteiger partial charge in [-0.25, -0.2) is 4.79 Å². The summed E-state index contributed by atoms with van der Waals surface area (Å²) in [6.45, 7) is 0.254. The quantitative estimate of drug-likeness (QED) is 0.820. The lowest BCUT2D eigenvalue weighted by Crippen LogP contribution is -2.23. The molecule has 0 unspecified atom stereocenters. The highest BCUT2D eigenvalue weighted by atomic mass is 16.6. The zero-order valence-electron chi connectivity index (χ0n) is 10.1. The van der Waals surface area contributed by atoms with E-state index in [4.69, 9.17) is 9.47 Å². The maximum atomic E-state index is 11.8. The Kier molecular flexibility index (Phi) is 4.02. The van der Waals surface area contributed by atoms with Crippen LogP contribution in [-0.2, 0) is 16.1 Å². The van der Waals surface area contributed by atoms with Crippen LogP contribution in [0.4, 0.5) is 4.79 Å². The lowest BCUT2D eigenvalue weighted by atomic mass is 10.2. The van der Waals surface area contributed by atoms with Crippen molar-refractivity contribution in [3.05, 3.63) is 66.6 Å². The summed E-state index contributed by atoms with van der Waals surface area (Å²) >= 11 is 0. The minimum absolute atomic E-state index is 0.254. The molecule has 1 aromatic carbocycles. The highest BCUT2D eigenvalue weighted by Gasteiger charge is 2.14. The highest BCUT2D eigenvalue weighted by Crippen LogP contribution is 2.13. The molecule has 2 rings (SSSR count). The molecule has 0 N–H and O–H groups in total. The van der Waals surface area contributed by atoms with Crippen LogP contribution in [0.15, 0.2) is 54.6 Å². The van der Waals surface area contributed by atoms with E-state index in [2.05, 4.69) is 0 Å². The second-order valence-electron chi connectivity index (χ2n) is 3.69. The van der Waals surface area contributed by atoms with Gasteiger partial charge in [0.1, 0.15) is 12.4 Å². The molecule has 0 bridgehead atoms. The highest BCUT2D eigenvalue weighted by molar-refractivity contribution is 5.71. The largest absolute Gasteiger partial charge is 0.499 e. The van der Waals surface area contributed by atoms with Gasteiger partial charge in [-0.05, 0) is 5.56 Å². The molecular weight excluding hydrogens is 230 g/mol. The second-order valence-corrected chi connectivity index (χ2v) is 3.69. The first-order valence-electron chi connectivity index (χ1n) is 5.56. The molecule has 1 heterocycles. The number of benzene rings is 1. The first-order valence-corrected chi connectivity index (χ1v) is 5.56. The predicted molar refractivity (Wildman–Crippen MR) is 67.0 cm³/mol. The van der Waals surface area contributed by atoms with Crippen LogP contribution in [0.5, 0.6) is 0 Å². The topological polar surface area (TPSA) is 38.8 Å². The standard InChI is InChI=1S/C14H14NO3/c1-17-13-8-5-9-15(10-13)14(16)18-11-12-6-3-2-4-7-12/h2-10H,11H2,1H3. The molecule has 93 valence electrons. The summed E-state index contributed by atoms with van der Waals surface area (Å²) in [4.78, 5) is 13.1. The van der Waals surface area contributed by atoms with Gasteiger partial charge in [0.2, 0.25) is 0 Å². The Morgan fingerprint density at radius 2 is 2.06 bits per heavy atom. The van der Waals surface area contributed by atoms with Gasteiger partial charge in [0.05, 0.1) is 19.7 Å². The normalized spacial score (nSPS) is 14.1. The molecule has 0 spiro atoms. The summed E-state index contributed by atoms with van der Waals surface area (Å²) in [5.74, 6) is 0.606. The van der Waals surface area contributed by atoms with Crippen LogP contribution in [0.25, 0.3) is 0 Å². The smallest absolute Gasteiger partial charge is 0.418 e. The number of carbonyl (C=O) groups is 1. The van der Waals surface area contributed by atoms with Crippen molar-refractivity contribution in [2.45, 2.75) is 6.61 Å². The Hall–Kier alpha value is -2.23. The molecule has 0 fully saturated rings. The lowest BCUT2D eigenvalue weighted by molar-refractivity contribution is 0.119. The molecule has 0 aliphatic carbocycles. The minimum atomic E-state index is -0.433. The van der Waals surface area contributed by atoms with Crippen LogP contribution in [0.2, 0.25) is 0 Å². The summed E-state index contributed by atoms with van der Waals surface area (Å²) in [5.41, 5.74) is 0.953. The van der Waals surface area contributed by atoms with E-state index in [1.165, 1.54) is 4.90 Å². The van der Waals surface area contributed by atoms with Gasteiger partial charge in [0.25, 0.3) is 0 Å². The van der Waals surface area contributed by atoms with Crippen molar-refractivity contribution in [3.8, 4) is 0 Å². The number of allylic oxidation sites excluding steroid dienone is 1. The average Bonchev–Trinajstić information content (AvgIpc) is 2.46. The fraction of sp³-hybridized carbons (Fsp3) is 0.143. The molecule has 18 heavy (non-hydrogen) atoms. The van der Waals surface area contributed by atoms with Gasteiger partial charge in [0, 0.05) is 6.20 Å². The Morgan fingerprint density at radius 1 is 1.28 bits per heavy atom. The lowest BCUT2D eigenvalue weighted by Gasteiger charge is -2.18. The number of hydrogen-bond acceptors (Lipinski definition) is 3. The maximum absolute atomic E-state index is 11.8. The molecule has 1 aliphatic rings. The van der Waals surface area contributed by atoms with Gasteiger partial charge in [-0.15, -0.1) is 0 Å². The van der Waals surface area contributed by atoms with Crippen LogP contribution in [-0.4, -0.2) is 18.1 Å². The van der Waals surface area contributed by atoms with E-state index in [1.807, 2.05) is 30.3 Å². The molecule has 4 heteroatoms. The molecule has 4 nitrogen and oxygen atoms in total. The summed E-state index contributed by atoms with van der Waals surface area (Å²) in [6, 6.07) is 9.54. The monoisotopic (exact) mass is 244 g/mol. The Labute approximate surface area is 106 Å². The number of methoxy groups -OCH3 is 1. The first-order chi connectivity index (χ1) is 8.79. The van der Waals surface area contributed by atoms with Crippen LogP contribution in [0.3, 0.4) is 0 Å². The van der Waals surface area contributed by atoms with Gasteiger partial charge in [-0.3, -0.25) is 4.90 Å². The zero-order valence-corrected chi connectivity index (χ0v) is 10.1. The van der Waals surface area contributed by atoms with Gasteiger partial charge < -0.3 is 9.47 Å². The second kappa shape index (κ2) is 5.91. The molecule has 0 aromatic heterocycles. The van der Waals surface area contributed by atoms with Gasteiger partial charge in [0.15, 0.2) is 0 Å². The first kappa shape index (κ1) is 12.2. The van der Waals surface area contributed by atoms with Crippen LogP contribution < -0.4 is 0 Å². The fourth-order valence-electron chi connectivity index (χ4n) is 1.48. The third kappa shape index (κ3) is 3.13. The van der Waals surface area contributed by atoms with E-state index >= 15 is 0 Å². The number of amides is 1. The number of nitrogens with zero attached hydrogens (tertiary/aromatic N) is 1. The van der Waals surface area contributed by atoms with Crippen molar-refractivity contribution >= 4 is 6.09 Å². The molecule has 1 amide bonds. The van der Waals surface area contributed by atoms with Crippen molar-refractivity contribution in [2.24, 2.45) is 0 Å². The van der Waals surface area contributed by atoms with Crippen LogP contribution in [0, 0.1) is 6.42 Å². The summed E-state index contributed by atoms with van der Waals surface area (Å²) in [6.07, 6.45) is 6.25. The summed E-state index contributed by atoms with van der Waals surface area (Å²) < 4.78 is 10.2. The van der Waals surface area contributed by atoms with Crippen LogP contribution >= 0.6 is 0 Å². The third-order valence-corrected chi connectivity index (χ3v) is 2.43. The number of hydrogen-bond donors (Lipinski definition) is 0. The van der Waals surface area contributed by atoms with Crippen molar-refractivity contribution in [1.29, 1.82) is 0 Å². The van der Waals surface area contributed by atoms with E-state index < -0.39 is 6.09 Å². The molecule has 0 saturated heterocycles. The van der Waals surface area contributed by atoms with Gasteiger partial charge >= 0.3 is 6.09 Å². The van der Waals surface area contributed by atoms with Gasteiger partial charge in [-0.2, -0.15) is 0 Å². The molecular formula is C14H14NO3. The van der Waals surface area contributed by atoms with Crippen molar-refractivity contribution < 1.29 is 14.3 Å². The van der Waals surface area contributed by atoms with E-state index in [9.17, 15) is 4.79 Å².